The first-order chi connectivity index (χ1) is 7.93. The number of hydrogen-bond donors (Lipinski definition) is 0. The van der Waals surface area contributed by atoms with Crippen molar-refractivity contribution in [2.45, 2.75) is 70.8 Å². The predicted molar refractivity (Wildman–Crippen MR) is 67.8 cm³/mol. The Labute approximate surface area is 101 Å². The second kappa shape index (κ2) is 10.1. The fourth-order valence-corrected chi connectivity index (χ4v) is 2.15. The summed E-state index contributed by atoms with van der Waals surface area (Å²) in [5.41, 5.74) is 0. The van der Waals surface area contributed by atoms with Crippen LogP contribution < -0.4 is 0 Å². The van der Waals surface area contributed by atoms with Gasteiger partial charge in [-0.3, -0.25) is 0 Å². The predicted octanol–water partition coefficient (Wildman–Crippen LogP) is 3.93. The van der Waals surface area contributed by atoms with Gasteiger partial charge in [-0.2, -0.15) is 0 Å². The van der Waals surface area contributed by atoms with Crippen LogP contribution in [0.1, 0.15) is 64.7 Å². The molecule has 1 aliphatic heterocycles. The van der Waals surface area contributed by atoms with Gasteiger partial charge in [0.1, 0.15) is 0 Å². The summed E-state index contributed by atoms with van der Waals surface area (Å²) in [5, 5.41) is 0. The summed E-state index contributed by atoms with van der Waals surface area (Å²) in [6, 6.07) is 0. The molecule has 2 heteroatoms. The molecular formula is C14H28O2. The van der Waals surface area contributed by atoms with Crippen LogP contribution in [-0.4, -0.2) is 25.9 Å². The third-order valence-corrected chi connectivity index (χ3v) is 3.22. The first-order valence-electron chi connectivity index (χ1n) is 7.13. The summed E-state index contributed by atoms with van der Waals surface area (Å²) in [5.74, 6) is 0. The van der Waals surface area contributed by atoms with Crippen molar-refractivity contribution in [2.24, 2.45) is 0 Å². The van der Waals surface area contributed by atoms with E-state index >= 15 is 0 Å². The maximum Gasteiger partial charge on any atom is 0.0809 e. The highest BCUT2D eigenvalue weighted by molar-refractivity contribution is 4.63. The molecule has 1 fully saturated rings. The lowest BCUT2D eigenvalue weighted by Gasteiger charge is -2.09. The van der Waals surface area contributed by atoms with Crippen LogP contribution in [0.25, 0.3) is 0 Å². The molecule has 0 aliphatic carbocycles. The van der Waals surface area contributed by atoms with E-state index in [0.717, 1.165) is 19.8 Å². The normalized spacial score (nSPS) is 20.4. The van der Waals surface area contributed by atoms with Crippen LogP contribution in [0.4, 0.5) is 0 Å². The average molecular weight is 228 g/mol. The van der Waals surface area contributed by atoms with E-state index in [9.17, 15) is 0 Å². The molecule has 1 aliphatic rings. The standard InChI is InChI=1S/C14H28O2/c1-2-3-4-5-6-7-8-11-15-13-14-10-9-12-16-14/h14H,2-13H2,1H3. The van der Waals surface area contributed by atoms with E-state index in [1.54, 1.807) is 0 Å². The molecule has 0 amide bonds. The van der Waals surface area contributed by atoms with Crippen LogP contribution in [0, 0.1) is 0 Å². The Bertz CT molecular complexity index is 142. The van der Waals surface area contributed by atoms with Gasteiger partial charge in [-0.1, -0.05) is 45.4 Å². The minimum atomic E-state index is 0.393. The molecule has 1 heterocycles. The van der Waals surface area contributed by atoms with Gasteiger partial charge in [0.05, 0.1) is 12.7 Å². The number of ether oxygens (including phenoxy) is 2. The Morgan fingerprint density at radius 2 is 1.81 bits per heavy atom. The van der Waals surface area contributed by atoms with Crippen LogP contribution in [0.5, 0.6) is 0 Å². The van der Waals surface area contributed by atoms with Crippen molar-refractivity contribution >= 4 is 0 Å². The van der Waals surface area contributed by atoms with Gasteiger partial charge < -0.3 is 9.47 Å². The topological polar surface area (TPSA) is 18.5 Å². The molecule has 1 unspecified atom stereocenters. The maximum atomic E-state index is 5.62. The minimum Gasteiger partial charge on any atom is -0.379 e. The van der Waals surface area contributed by atoms with Gasteiger partial charge in [-0.05, 0) is 19.3 Å². The van der Waals surface area contributed by atoms with Crippen LogP contribution in [-0.2, 0) is 9.47 Å². The molecule has 0 saturated carbocycles. The summed E-state index contributed by atoms with van der Waals surface area (Å²) in [6.07, 6.45) is 12.3. The third-order valence-electron chi connectivity index (χ3n) is 3.22. The average Bonchev–Trinajstić information content (AvgIpc) is 2.80. The van der Waals surface area contributed by atoms with Gasteiger partial charge in [0.2, 0.25) is 0 Å². The van der Waals surface area contributed by atoms with Crippen molar-refractivity contribution < 1.29 is 9.47 Å². The molecule has 1 atom stereocenters. The highest BCUT2D eigenvalue weighted by atomic mass is 16.5. The summed E-state index contributed by atoms with van der Waals surface area (Å²) in [7, 11) is 0. The lowest BCUT2D eigenvalue weighted by molar-refractivity contribution is 0.0161. The molecular weight excluding hydrogens is 200 g/mol. The van der Waals surface area contributed by atoms with Crippen molar-refractivity contribution in [3.05, 3.63) is 0 Å². The molecule has 16 heavy (non-hydrogen) atoms. The molecule has 96 valence electrons. The van der Waals surface area contributed by atoms with Crippen molar-refractivity contribution in [1.29, 1.82) is 0 Å². The van der Waals surface area contributed by atoms with E-state index in [2.05, 4.69) is 6.92 Å². The SMILES string of the molecule is CCCCCCCCCOCC1CCCO1. The lowest BCUT2D eigenvalue weighted by atomic mass is 10.1. The summed E-state index contributed by atoms with van der Waals surface area (Å²) < 4.78 is 11.1. The van der Waals surface area contributed by atoms with Crippen LogP contribution >= 0.6 is 0 Å². The Morgan fingerprint density at radius 1 is 1.06 bits per heavy atom. The summed E-state index contributed by atoms with van der Waals surface area (Å²) in [4.78, 5) is 0. The Balaban J connectivity index is 1.71. The van der Waals surface area contributed by atoms with Gasteiger partial charge >= 0.3 is 0 Å². The number of rotatable bonds is 10. The van der Waals surface area contributed by atoms with E-state index in [-0.39, 0.29) is 0 Å². The number of unbranched alkanes of at least 4 members (excludes halogenated alkanes) is 6. The van der Waals surface area contributed by atoms with Crippen molar-refractivity contribution in [3.8, 4) is 0 Å². The minimum absolute atomic E-state index is 0.393. The zero-order valence-electron chi connectivity index (χ0n) is 10.9. The Hall–Kier alpha value is -0.0800. The maximum absolute atomic E-state index is 5.62. The van der Waals surface area contributed by atoms with Gasteiger partial charge in [-0.15, -0.1) is 0 Å². The summed E-state index contributed by atoms with van der Waals surface area (Å²) >= 11 is 0. The molecule has 1 saturated heterocycles. The molecule has 0 bridgehead atoms. The number of hydrogen-bond acceptors (Lipinski definition) is 2. The van der Waals surface area contributed by atoms with Gasteiger partial charge in [0, 0.05) is 13.2 Å². The smallest absolute Gasteiger partial charge is 0.0809 e. The highest BCUT2D eigenvalue weighted by Crippen LogP contribution is 2.12. The van der Waals surface area contributed by atoms with Crippen LogP contribution in [0.15, 0.2) is 0 Å². The third kappa shape index (κ3) is 7.24. The molecule has 0 spiro atoms. The summed E-state index contributed by atoms with van der Waals surface area (Å²) in [6.45, 7) is 4.94. The first-order valence-corrected chi connectivity index (χ1v) is 7.13. The monoisotopic (exact) mass is 228 g/mol. The lowest BCUT2D eigenvalue weighted by Crippen LogP contribution is -2.14. The van der Waals surface area contributed by atoms with E-state index in [1.807, 2.05) is 0 Å². The van der Waals surface area contributed by atoms with E-state index in [1.165, 1.54) is 57.8 Å². The molecule has 0 N–H and O–H groups in total. The second-order valence-electron chi connectivity index (χ2n) is 4.83. The fourth-order valence-electron chi connectivity index (χ4n) is 2.15. The molecule has 0 aromatic carbocycles. The molecule has 0 aromatic rings. The molecule has 0 aromatic heterocycles. The molecule has 0 radical (unpaired) electrons. The van der Waals surface area contributed by atoms with E-state index in [0.29, 0.717) is 6.10 Å². The van der Waals surface area contributed by atoms with Crippen molar-refractivity contribution in [3.63, 3.8) is 0 Å². The molecule has 2 nitrogen and oxygen atoms in total. The van der Waals surface area contributed by atoms with Crippen molar-refractivity contribution in [1.82, 2.24) is 0 Å². The zero-order chi connectivity index (χ0) is 11.5. The van der Waals surface area contributed by atoms with E-state index < -0.39 is 0 Å². The Morgan fingerprint density at radius 3 is 2.50 bits per heavy atom. The van der Waals surface area contributed by atoms with E-state index in [4.69, 9.17) is 9.47 Å². The largest absolute Gasteiger partial charge is 0.379 e. The van der Waals surface area contributed by atoms with Gasteiger partial charge in [0.15, 0.2) is 0 Å². The van der Waals surface area contributed by atoms with Crippen molar-refractivity contribution in [2.75, 3.05) is 19.8 Å². The quantitative estimate of drug-likeness (QED) is 0.527. The van der Waals surface area contributed by atoms with Gasteiger partial charge in [0.25, 0.3) is 0 Å². The molecule has 1 rings (SSSR count). The van der Waals surface area contributed by atoms with Crippen LogP contribution in [0.3, 0.4) is 0 Å². The second-order valence-corrected chi connectivity index (χ2v) is 4.83. The van der Waals surface area contributed by atoms with Crippen LogP contribution in [0.2, 0.25) is 0 Å². The fraction of sp³-hybridized carbons (Fsp3) is 1.00. The zero-order valence-corrected chi connectivity index (χ0v) is 10.9. The highest BCUT2D eigenvalue weighted by Gasteiger charge is 2.14. The van der Waals surface area contributed by atoms with Gasteiger partial charge in [-0.25, -0.2) is 0 Å². The Kier molecular flexibility index (Phi) is 8.83. The first kappa shape index (κ1) is 14.0.